The van der Waals surface area contributed by atoms with Gasteiger partial charge in [0.25, 0.3) is 0 Å². The molecule has 0 aliphatic rings. The molecule has 2 aromatic rings. The Balaban J connectivity index is 2.51. The van der Waals surface area contributed by atoms with E-state index in [9.17, 15) is 4.57 Å². The Morgan fingerprint density at radius 2 is 0.824 bits per heavy atom. The van der Waals surface area contributed by atoms with Crippen molar-refractivity contribution in [2.75, 3.05) is 14.2 Å². The molecule has 0 atom stereocenters. The van der Waals surface area contributed by atoms with Crippen LogP contribution in [0.3, 0.4) is 0 Å². The second-order valence-corrected chi connectivity index (χ2v) is 11.0. The van der Waals surface area contributed by atoms with Crippen molar-refractivity contribution < 1.29 is 23.1 Å². The molecule has 0 saturated carbocycles. The van der Waals surface area contributed by atoms with Crippen LogP contribution in [0.5, 0.6) is 11.5 Å². The van der Waals surface area contributed by atoms with Crippen molar-refractivity contribution in [2.45, 2.75) is 66.6 Å². The van der Waals surface area contributed by atoms with Crippen molar-refractivity contribution in [3.05, 3.63) is 59.7 Å². The van der Waals surface area contributed by atoms with Crippen LogP contribution in [0, 0.1) is 23.7 Å². The van der Waals surface area contributed by atoms with Crippen molar-refractivity contribution in [1.82, 2.24) is 0 Å². The Morgan fingerprint density at radius 1 is 0.559 bits per heavy atom. The minimum atomic E-state index is -2.92. The first-order valence-corrected chi connectivity index (χ1v) is 13.4. The number of methoxy groups -OCH3 is 2. The van der Waals surface area contributed by atoms with E-state index in [0.717, 1.165) is 22.6 Å². The molecule has 0 unspecified atom stereocenters. The first kappa shape index (κ1) is 28.4. The number of hydrogen-bond donors (Lipinski definition) is 0. The first-order chi connectivity index (χ1) is 15.9. The van der Waals surface area contributed by atoms with Crippen LogP contribution in [-0.2, 0) is 24.8 Å². The minimum absolute atomic E-state index is 0.0620. The minimum Gasteiger partial charge on any atom is -0.497 e. The smallest absolute Gasteiger partial charge is 0.320 e. The summed E-state index contributed by atoms with van der Waals surface area (Å²) in [6, 6.07) is 15.6. The summed E-state index contributed by atoms with van der Waals surface area (Å²) >= 11 is 0. The largest absolute Gasteiger partial charge is 0.497 e. The maximum absolute atomic E-state index is 13.8. The Kier molecular flexibility index (Phi) is 9.82. The van der Waals surface area contributed by atoms with Crippen molar-refractivity contribution in [3.63, 3.8) is 0 Å². The summed E-state index contributed by atoms with van der Waals surface area (Å²) in [5.41, 5.74) is 0.373. The van der Waals surface area contributed by atoms with E-state index in [0.29, 0.717) is 0 Å². The van der Waals surface area contributed by atoms with Gasteiger partial charge in [-0.2, -0.15) is 0 Å². The lowest BCUT2D eigenvalue weighted by molar-refractivity contribution is -0.0747. The highest BCUT2D eigenvalue weighted by atomic mass is 31.1. The van der Waals surface area contributed by atoms with Crippen molar-refractivity contribution >= 4 is 8.25 Å². The monoisotopic (exact) mass is 490 g/mol. The molecular weight excluding hydrogens is 447 g/mol. The lowest BCUT2D eigenvalue weighted by Gasteiger charge is -2.45. The van der Waals surface area contributed by atoms with E-state index < -0.39 is 19.5 Å². The molecule has 0 amide bonds. The summed E-state index contributed by atoms with van der Waals surface area (Å²) in [4.78, 5) is 0. The summed E-state index contributed by atoms with van der Waals surface area (Å²) < 4.78 is 37.5. The van der Waals surface area contributed by atoms with Crippen LogP contribution in [0.1, 0.15) is 66.5 Å². The van der Waals surface area contributed by atoms with Gasteiger partial charge in [0.15, 0.2) is 0 Å². The third kappa shape index (κ3) is 5.53. The van der Waals surface area contributed by atoms with E-state index in [-0.39, 0.29) is 23.7 Å². The predicted octanol–water partition coefficient (Wildman–Crippen LogP) is 7.84. The normalized spacial score (nSPS) is 12.9. The van der Waals surface area contributed by atoms with E-state index in [4.69, 9.17) is 18.5 Å². The molecule has 0 aliphatic heterocycles. The first-order valence-electron chi connectivity index (χ1n) is 12.2. The fourth-order valence-electron chi connectivity index (χ4n) is 5.26. The maximum Gasteiger partial charge on any atom is 0.320 e. The second-order valence-electron chi connectivity index (χ2n) is 10.1. The van der Waals surface area contributed by atoms with E-state index in [2.05, 4.69) is 55.4 Å². The molecule has 34 heavy (non-hydrogen) atoms. The van der Waals surface area contributed by atoms with E-state index >= 15 is 0 Å². The Bertz CT molecular complexity index is 825. The van der Waals surface area contributed by atoms with Crippen LogP contribution >= 0.6 is 8.25 Å². The lowest BCUT2D eigenvalue weighted by atomic mass is 9.75. The average Bonchev–Trinajstić information content (AvgIpc) is 2.80. The van der Waals surface area contributed by atoms with Crippen molar-refractivity contribution in [2.24, 2.45) is 23.7 Å². The molecule has 2 aromatic carbocycles. The van der Waals surface area contributed by atoms with Crippen LogP contribution in [0.4, 0.5) is 0 Å². The molecule has 0 aliphatic carbocycles. The molecule has 190 valence electrons. The molecule has 0 heterocycles. The van der Waals surface area contributed by atoms with Crippen LogP contribution < -0.4 is 9.47 Å². The Labute approximate surface area is 207 Å². The van der Waals surface area contributed by atoms with Crippen LogP contribution in [-0.4, -0.2) is 14.2 Å². The number of benzene rings is 2. The summed E-state index contributed by atoms with van der Waals surface area (Å²) in [6.07, 6.45) is 0. The van der Waals surface area contributed by atoms with Gasteiger partial charge >= 0.3 is 8.25 Å². The van der Waals surface area contributed by atoms with Gasteiger partial charge in [0.05, 0.1) is 14.2 Å². The highest BCUT2D eigenvalue weighted by Gasteiger charge is 2.46. The quantitative estimate of drug-likeness (QED) is 0.284. The van der Waals surface area contributed by atoms with E-state index in [1.165, 1.54) is 0 Å². The zero-order valence-electron chi connectivity index (χ0n) is 22.5. The molecule has 2 rings (SSSR count). The van der Waals surface area contributed by atoms with Gasteiger partial charge in [-0.05, 0) is 59.1 Å². The number of rotatable bonds is 12. The topological polar surface area (TPSA) is 54.0 Å². The highest BCUT2D eigenvalue weighted by Crippen LogP contribution is 2.53. The maximum atomic E-state index is 13.8. The third-order valence-electron chi connectivity index (χ3n) is 7.02. The average molecular weight is 491 g/mol. The fourth-order valence-corrected chi connectivity index (χ4v) is 7.03. The van der Waals surface area contributed by atoms with Crippen LogP contribution in [0.2, 0.25) is 0 Å². The summed E-state index contributed by atoms with van der Waals surface area (Å²) in [6.45, 7) is 16.8. The predicted molar refractivity (Wildman–Crippen MR) is 140 cm³/mol. The zero-order valence-corrected chi connectivity index (χ0v) is 23.5. The third-order valence-corrected chi connectivity index (χ3v) is 8.03. The van der Waals surface area contributed by atoms with Gasteiger partial charge in [-0.1, -0.05) is 79.7 Å². The Hall–Kier alpha value is -1.81. The zero-order chi connectivity index (χ0) is 25.7. The van der Waals surface area contributed by atoms with Gasteiger partial charge in [-0.15, -0.1) is 0 Å². The Morgan fingerprint density at radius 3 is 1.03 bits per heavy atom. The highest BCUT2D eigenvalue weighted by molar-refractivity contribution is 7.33. The molecule has 0 aromatic heterocycles. The van der Waals surface area contributed by atoms with E-state index in [1.54, 1.807) is 14.2 Å². The summed E-state index contributed by atoms with van der Waals surface area (Å²) in [7, 11) is 0.373. The molecule has 0 saturated heterocycles. The van der Waals surface area contributed by atoms with Gasteiger partial charge in [-0.3, -0.25) is 13.6 Å². The molecule has 0 bridgehead atoms. The van der Waals surface area contributed by atoms with Gasteiger partial charge in [-0.25, -0.2) is 0 Å². The second kappa shape index (κ2) is 11.7. The summed E-state index contributed by atoms with van der Waals surface area (Å²) in [5.74, 6) is 1.79. The van der Waals surface area contributed by atoms with Gasteiger partial charge in [0.1, 0.15) is 22.7 Å². The lowest BCUT2D eigenvalue weighted by Crippen LogP contribution is -2.42. The molecule has 0 radical (unpaired) electrons. The molecule has 0 spiro atoms. The van der Waals surface area contributed by atoms with Crippen molar-refractivity contribution in [3.8, 4) is 11.5 Å². The molecule has 0 fully saturated rings. The molecule has 0 N–H and O–H groups in total. The molecule has 6 heteroatoms. The van der Waals surface area contributed by atoms with Gasteiger partial charge < -0.3 is 9.47 Å². The van der Waals surface area contributed by atoms with Crippen LogP contribution in [0.15, 0.2) is 48.5 Å². The van der Waals surface area contributed by atoms with E-state index in [1.807, 2.05) is 48.5 Å². The molecule has 5 nitrogen and oxygen atoms in total. The molecular formula is C28H43O5P. The standard InChI is InChI=1S/C28H43O5P/c1-19(2)27(20(3)4,23-11-15-25(30-9)16-12-23)32-34(29)33-28(21(5)6,22(7)8)24-13-17-26(31-10)18-14-24/h11-22,34H,1-10H3. The van der Waals surface area contributed by atoms with Crippen LogP contribution in [0.25, 0.3) is 0 Å². The van der Waals surface area contributed by atoms with Crippen molar-refractivity contribution in [1.29, 1.82) is 0 Å². The van der Waals surface area contributed by atoms with Gasteiger partial charge in [0.2, 0.25) is 0 Å². The number of hydrogen-bond acceptors (Lipinski definition) is 5. The SMILES string of the molecule is COc1ccc(C(O[PH](=O)OC(c2ccc(OC)cc2)(C(C)C)C(C)C)(C(C)C)C(C)C)cc1. The number of ether oxygens (including phenoxy) is 2. The van der Waals surface area contributed by atoms with Gasteiger partial charge in [0, 0.05) is 0 Å². The summed E-state index contributed by atoms with van der Waals surface area (Å²) in [5, 5.41) is 0. The fraction of sp³-hybridized carbons (Fsp3) is 0.571.